The predicted molar refractivity (Wildman–Crippen MR) is 116 cm³/mol. The highest BCUT2D eigenvalue weighted by Crippen LogP contribution is 2.36. The first-order valence-electron chi connectivity index (χ1n) is 10.4. The summed E-state index contributed by atoms with van der Waals surface area (Å²) in [4.78, 5) is 2.21. The number of nitrogens with zero attached hydrogens (tertiary/aromatic N) is 5. The van der Waals surface area contributed by atoms with E-state index < -0.39 is 11.7 Å². The minimum atomic E-state index is -4.50. The zero-order valence-corrected chi connectivity index (χ0v) is 18.2. The molecule has 1 aliphatic rings. The third-order valence-electron chi connectivity index (χ3n) is 5.46. The van der Waals surface area contributed by atoms with Gasteiger partial charge < -0.3 is 0 Å². The second kappa shape index (κ2) is 9.76. The quantitative estimate of drug-likeness (QED) is 0.462. The van der Waals surface area contributed by atoms with Crippen molar-refractivity contribution in [1.82, 2.24) is 19.7 Å². The molecule has 0 amide bonds. The Bertz CT molecular complexity index is 1110. The van der Waals surface area contributed by atoms with E-state index in [9.17, 15) is 18.4 Å². The van der Waals surface area contributed by atoms with Crippen molar-refractivity contribution in [2.75, 3.05) is 13.1 Å². The van der Waals surface area contributed by atoms with Gasteiger partial charge in [-0.15, -0.1) is 10.2 Å². The van der Waals surface area contributed by atoms with Gasteiger partial charge in [0.25, 0.3) is 0 Å². The van der Waals surface area contributed by atoms with Crippen molar-refractivity contribution in [3.05, 3.63) is 71.0 Å². The maximum atomic E-state index is 13.8. The van der Waals surface area contributed by atoms with Crippen LogP contribution in [0.4, 0.5) is 13.2 Å². The van der Waals surface area contributed by atoms with Gasteiger partial charge in [0.05, 0.1) is 29.4 Å². The molecule has 4 rings (SSSR count). The molecule has 166 valence electrons. The molecule has 3 aromatic rings. The molecule has 0 atom stereocenters. The summed E-state index contributed by atoms with van der Waals surface area (Å²) < 4.78 is 42.9. The van der Waals surface area contributed by atoms with E-state index in [2.05, 4.69) is 21.2 Å². The molecule has 9 heteroatoms. The first kappa shape index (κ1) is 22.4. The van der Waals surface area contributed by atoms with Gasteiger partial charge in [-0.05, 0) is 49.7 Å². The summed E-state index contributed by atoms with van der Waals surface area (Å²) in [5.74, 6) is 0.888. The van der Waals surface area contributed by atoms with E-state index in [4.69, 9.17) is 0 Å². The first-order chi connectivity index (χ1) is 15.5. The fourth-order valence-corrected chi connectivity index (χ4v) is 4.83. The Morgan fingerprint density at radius 1 is 0.969 bits per heavy atom. The molecule has 0 spiro atoms. The molecule has 0 radical (unpaired) electrons. The highest BCUT2D eigenvalue weighted by Gasteiger charge is 2.35. The monoisotopic (exact) mass is 457 g/mol. The van der Waals surface area contributed by atoms with Gasteiger partial charge in [-0.1, -0.05) is 48.5 Å². The minimum Gasteiger partial charge on any atom is -0.296 e. The average Bonchev–Trinajstić information content (AvgIpc) is 3.20. The van der Waals surface area contributed by atoms with Crippen molar-refractivity contribution in [3.8, 4) is 11.8 Å². The number of piperidine rings is 1. The summed E-state index contributed by atoms with van der Waals surface area (Å²) in [6.45, 7) is 2.23. The van der Waals surface area contributed by atoms with Gasteiger partial charge in [0.2, 0.25) is 0 Å². The fourth-order valence-electron chi connectivity index (χ4n) is 3.86. The summed E-state index contributed by atoms with van der Waals surface area (Å²) in [6.07, 6.45) is -1.20. The number of aromatic nitrogens is 3. The normalized spacial score (nSPS) is 14.9. The minimum absolute atomic E-state index is 0.0214. The molecule has 5 nitrogen and oxygen atoms in total. The van der Waals surface area contributed by atoms with E-state index >= 15 is 0 Å². The Balaban J connectivity index is 1.72. The SMILES string of the molecule is N#Cc1ccccc1CSc1nnc(CN2CCCCC2)n1-c1ccccc1C(F)(F)F. The van der Waals surface area contributed by atoms with Crippen molar-refractivity contribution in [3.63, 3.8) is 0 Å². The third kappa shape index (κ3) is 4.97. The van der Waals surface area contributed by atoms with Gasteiger partial charge in [0.1, 0.15) is 0 Å². The molecule has 2 aromatic carbocycles. The van der Waals surface area contributed by atoms with Crippen LogP contribution in [-0.4, -0.2) is 32.8 Å². The van der Waals surface area contributed by atoms with E-state index in [1.165, 1.54) is 34.9 Å². The smallest absolute Gasteiger partial charge is 0.296 e. The molecule has 1 fully saturated rings. The molecular formula is C23H22F3N5S. The third-order valence-corrected chi connectivity index (χ3v) is 6.44. The lowest BCUT2D eigenvalue weighted by Crippen LogP contribution is -2.30. The van der Waals surface area contributed by atoms with Crippen LogP contribution in [0, 0.1) is 11.3 Å². The van der Waals surface area contributed by atoms with Crippen LogP contribution < -0.4 is 0 Å². The maximum absolute atomic E-state index is 13.8. The van der Waals surface area contributed by atoms with E-state index in [0.29, 0.717) is 28.8 Å². The number of thioether (sulfide) groups is 1. The van der Waals surface area contributed by atoms with Crippen LogP contribution in [0.15, 0.2) is 53.7 Å². The van der Waals surface area contributed by atoms with E-state index in [-0.39, 0.29) is 5.69 Å². The second-order valence-corrected chi connectivity index (χ2v) is 8.59. The van der Waals surface area contributed by atoms with Crippen molar-refractivity contribution < 1.29 is 13.2 Å². The van der Waals surface area contributed by atoms with Gasteiger partial charge >= 0.3 is 6.18 Å². The number of nitriles is 1. The number of likely N-dealkylation sites (tertiary alicyclic amines) is 1. The number of halogens is 3. The number of rotatable bonds is 6. The average molecular weight is 458 g/mol. The molecule has 0 bridgehead atoms. The summed E-state index contributed by atoms with van der Waals surface area (Å²) in [7, 11) is 0. The van der Waals surface area contributed by atoms with Crippen LogP contribution in [0.3, 0.4) is 0 Å². The maximum Gasteiger partial charge on any atom is 0.418 e. The second-order valence-electron chi connectivity index (χ2n) is 7.64. The Morgan fingerprint density at radius 3 is 2.44 bits per heavy atom. The van der Waals surface area contributed by atoms with Crippen LogP contribution in [0.25, 0.3) is 5.69 Å². The van der Waals surface area contributed by atoms with Crippen molar-refractivity contribution in [1.29, 1.82) is 5.26 Å². The van der Waals surface area contributed by atoms with Crippen molar-refractivity contribution in [2.45, 2.75) is 42.9 Å². The van der Waals surface area contributed by atoms with Crippen LogP contribution in [0.5, 0.6) is 0 Å². The molecule has 1 aromatic heterocycles. The first-order valence-corrected chi connectivity index (χ1v) is 11.4. The topological polar surface area (TPSA) is 57.7 Å². The van der Waals surface area contributed by atoms with Crippen LogP contribution in [0.1, 0.15) is 41.8 Å². The fraction of sp³-hybridized carbons (Fsp3) is 0.348. The molecule has 32 heavy (non-hydrogen) atoms. The standard InChI is InChI=1S/C23H22F3N5S/c24-23(25,26)19-10-4-5-11-20(19)31-21(15-30-12-6-1-7-13-30)28-29-22(31)32-16-18-9-3-2-8-17(18)14-27/h2-5,8-11H,1,6-7,12-13,15-16H2. The lowest BCUT2D eigenvalue weighted by Gasteiger charge is -2.26. The van der Waals surface area contributed by atoms with E-state index in [0.717, 1.165) is 37.6 Å². The highest BCUT2D eigenvalue weighted by molar-refractivity contribution is 7.98. The molecule has 2 heterocycles. The van der Waals surface area contributed by atoms with Crippen LogP contribution in [-0.2, 0) is 18.5 Å². The Kier molecular flexibility index (Phi) is 6.82. The van der Waals surface area contributed by atoms with Gasteiger partial charge in [0, 0.05) is 5.75 Å². The van der Waals surface area contributed by atoms with E-state index in [1.54, 1.807) is 18.2 Å². The Labute approximate surface area is 188 Å². The van der Waals surface area contributed by atoms with E-state index in [1.807, 2.05) is 12.1 Å². The lowest BCUT2D eigenvalue weighted by molar-refractivity contribution is -0.137. The lowest BCUT2D eigenvalue weighted by atomic mass is 10.1. The largest absolute Gasteiger partial charge is 0.418 e. The van der Waals surface area contributed by atoms with Gasteiger partial charge in [-0.2, -0.15) is 18.4 Å². The molecule has 1 saturated heterocycles. The molecular weight excluding hydrogens is 435 g/mol. The van der Waals surface area contributed by atoms with Gasteiger partial charge in [0.15, 0.2) is 11.0 Å². The molecule has 0 aliphatic carbocycles. The highest BCUT2D eigenvalue weighted by atomic mass is 32.2. The van der Waals surface area contributed by atoms with Crippen molar-refractivity contribution in [2.24, 2.45) is 0 Å². The molecule has 0 N–H and O–H groups in total. The van der Waals surface area contributed by atoms with Crippen LogP contribution >= 0.6 is 11.8 Å². The van der Waals surface area contributed by atoms with Gasteiger partial charge in [-0.3, -0.25) is 9.47 Å². The zero-order chi connectivity index (χ0) is 22.6. The zero-order valence-electron chi connectivity index (χ0n) is 17.3. The molecule has 0 unspecified atom stereocenters. The summed E-state index contributed by atoms with van der Waals surface area (Å²) in [5, 5.41) is 18.2. The summed E-state index contributed by atoms with van der Waals surface area (Å²) >= 11 is 1.28. The Morgan fingerprint density at radius 2 is 1.69 bits per heavy atom. The van der Waals surface area contributed by atoms with Crippen molar-refractivity contribution >= 4 is 11.8 Å². The summed E-state index contributed by atoms with van der Waals surface area (Å²) in [6, 6.07) is 14.9. The predicted octanol–water partition coefficient (Wildman–Crippen LogP) is 5.44. The molecule has 0 saturated carbocycles. The Hall–Kier alpha value is -2.83. The summed E-state index contributed by atoms with van der Waals surface area (Å²) in [5.41, 5.74) is 0.638. The van der Waals surface area contributed by atoms with Crippen LogP contribution in [0.2, 0.25) is 0 Å². The molecule has 1 aliphatic heterocycles. The number of alkyl halides is 3. The number of hydrogen-bond donors (Lipinski definition) is 0. The number of hydrogen-bond acceptors (Lipinski definition) is 5. The number of para-hydroxylation sites is 1. The van der Waals surface area contributed by atoms with Gasteiger partial charge in [-0.25, -0.2) is 0 Å². The number of benzene rings is 2.